The fraction of sp³-hybridized carbons (Fsp3) is 0.265. The molecule has 4 atom stereocenters. The predicted molar refractivity (Wildman–Crippen MR) is 165 cm³/mol. The van der Waals surface area contributed by atoms with Crippen LogP contribution >= 0.6 is 0 Å². The van der Waals surface area contributed by atoms with Crippen molar-refractivity contribution in [2.45, 2.75) is 54.6 Å². The molecule has 0 aromatic heterocycles. The number of rotatable bonds is 6. The summed E-state index contributed by atoms with van der Waals surface area (Å²) in [6, 6.07) is 29.8. The van der Waals surface area contributed by atoms with Crippen molar-refractivity contribution in [1.82, 2.24) is 8.61 Å². The zero-order valence-corrected chi connectivity index (χ0v) is 25.7. The van der Waals surface area contributed by atoms with E-state index in [0.717, 1.165) is 22.3 Å². The molecule has 2 heterocycles. The Morgan fingerprint density at radius 2 is 1.07 bits per heavy atom. The van der Waals surface area contributed by atoms with E-state index in [2.05, 4.69) is 0 Å². The average Bonchev–Trinajstić information content (AvgIpc) is 3.01. The number of sulfonamides is 2. The molecule has 0 amide bonds. The number of hydrogen-bond donors (Lipinski definition) is 0. The van der Waals surface area contributed by atoms with Crippen LogP contribution in [0.4, 0.5) is 0 Å². The molecular formula is C34H34N2O5S2. The Morgan fingerprint density at radius 3 is 1.58 bits per heavy atom. The molecule has 4 aromatic rings. The number of benzene rings is 4. The highest BCUT2D eigenvalue weighted by Crippen LogP contribution is 2.48. The van der Waals surface area contributed by atoms with E-state index in [4.69, 9.17) is 0 Å². The Hall–Kier alpha value is -3.63. The van der Waals surface area contributed by atoms with Crippen LogP contribution in [0.5, 0.6) is 0 Å². The summed E-state index contributed by atoms with van der Waals surface area (Å²) in [5.41, 5.74) is 3.35. The Bertz CT molecular complexity index is 1830. The van der Waals surface area contributed by atoms with E-state index in [-0.39, 0.29) is 35.0 Å². The third-order valence-corrected chi connectivity index (χ3v) is 12.5. The molecule has 2 aliphatic rings. The van der Waals surface area contributed by atoms with Gasteiger partial charge in [0.15, 0.2) is 0 Å². The summed E-state index contributed by atoms with van der Waals surface area (Å²) < 4.78 is 60.2. The number of piperidine rings is 2. The second kappa shape index (κ2) is 11.5. The lowest BCUT2D eigenvalue weighted by atomic mass is 9.77. The summed E-state index contributed by atoms with van der Waals surface area (Å²) in [6.45, 7) is 3.68. The van der Waals surface area contributed by atoms with Gasteiger partial charge in [0.2, 0.25) is 20.0 Å². The van der Waals surface area contributed by atoms with Crippen molar-refractivity contribution >= 4 is 25.8 Å². The molecule has 0 N–H and O–H groups in total. The van der Waals surface area contributed by atoms with Gasteiger partial charge < -0.3 is 0 Å². The molecule has 0 saturated carbocycles. The van der Waals surface area contributed by atoms with Crippen molar-refractivity contribution in [3.63, 3.8) is 0 Å². The number of carbonyl (C=O) groups excluding carboxylic acids is 1. The smallest absolute Gasteiger partial charge is 0.243 e. The first-order valence-corrected chi connectivity index (χ1v) is 17.3. The summed E-state index contributed by atoms with van der Waals surface area (Å²) in [5.74, 6) is -0.954. The summed E-state index contributed by atoms with van der Waals surface area (Å²) in [7, 11) is -8.08. The minimum Gasteiger partial charge on any atom is -0.299 e. The van der Waals surface area contributed by atoms with Crippen LogP contribution in [0.1, 0.15) is 47.2 Å². The van der Waals surface area contributed by atoms with Gasteiger partial charge in [-0.25, -0.2) is 16.8 Å². The summed E-state index contributed by atoms with van der Waals surface area (Å²) in [5, 5.41) is 0. The monoisotopic (exact) mass is 614 g/mol. The number of aryl methyl sites for hydroxylation is 2. The van der Waals surface area contributed by atoms with Gasteiger partial charge in [0.25, 0.3) is 0 Å². The zero-order chi connectivity index (χ0) is 30.4. The highest BCUT2D eigenvalue weighted by Gasteiger charge is 2.54. The third-order valence-electron chi connectivity index (χ3n) is 8.69. The minimum absolute atomic E-state index is 0.0370. The van der Waals surface area contributed by atoms with Crippen molar-refractivity contribution in [3.05, 3.63) is 131 Å². The maximum Gasteiger partial charge on any atom is 0.243 e. The van der Waals surface area contributed by atoms with Gasteiger partial charge >= 0.3 is 0 Å². The third kappa shape index (κ3) is 5.47. The standard InChI is InChI=1S/C34H34N2O5S2/c1-24-13-17-28(18-14-24)42(38,39)35-23-30-33(21-31(35)26-9-5-3-6-10-26)36(43(40,41)29-19-15-25(2)16-20-29)32(22-34(30)37)27-11-7-4-8-12-27/h3-20,30-33H,21-23H2,1-2H3/t30-,31+,32-,33-/m1/s1. The van der Waals surface area contributed by atoms with Crippen LogP contribution < -0.4 is 0 Å². The number of fused-ring (bicyclic) bond motifs is 1. The molecule has 2 saturated heterocycles. The van der Waals surface area contributed by atoms with Crippen molar-refractivity contribution < 1.29 is 21.6 Å². The Kier molecular flexibility index (Phi) is 7.85. The molecule has 0 radical (unpaired) electrons. The van der Waals surface area contributed by atoms with Gasteiger partial charge in [-0.15, -0.1) is 0 Å². The van der Waals surface area contributed by atoms with E-state index in [0.29, 0.717) is 0 Å². The van der Waals surface area contributed by atoms with Gasteiger partial charge in [-0.1, -0.05) is 96.1 Å². The second-order valence-corrected chi connectivity index (χ2v) is 15.2. The van der Waals surface area contributed by atoms with Gasteiger partial charge in [0.1, 0.15) is 5.78 Å². The van der Waals surface area contributed by atoms with E-state index >= 15 is 0 Å². The minimum atomic E-state index is -4.07. The van der Waals surface area contributed by atoms with Gasteiger partial charge in [0, 0.05) is 24.9 Å². The molecule has 222 valence electrons. The summed E-state index contributed by atoms with van der Waals surface area (Å²) in [6.07, 6.45) is 0.102. The van der Waals surface area contributed by atoms with Crippen molar-refractivity contribution in [2.75, 3.05) is 6.54 Å². The summed E-state index contributed by atoms with van der Waals surface area (Å²) >= 11 is 0. The van der Waals surface area contributed by atoms with Gasteiger partial charge in [-0.05, 0) is 55.7 Å². The molecule has 0 spiro atoms. The maximum absolute atomic E-state index is 14.5. The second-order valence-electron chi connectivity index (χ2n) is 11.5. The number of ketones is 1. The first-order chi connectivity index (χ1) is 20.6. The Labute approximate surface area is 253 Å². The summed E-state index contributed by atoms with van der Waals surface area (Å²) in [4.78, 5) is 14.2. The topological polar surface area (TPSA) is 91.8 Å². The van der Waals surface area contributed by atoms with Crippen LogP contribution in [0, 0.1) is 19.8 Å². The average molecular weight is 615 g/mol. The van der Waals surface area contributed by atoms with Crippen molar-refractivity contribution in [2.24, 2.45) is 5.92 Å². The predicted octanol–water partition coefficient (Wildman–Crippen LogP) is 5.83. The van der Waals surface area contributed by atoms with Crippen molar-refractivity contribution in [3.8, 4) is 0 Å². The molecule has 2 aliphatic heterocycles. The van der Waals surface area contributed by atoms with E-state index < -0.39 is 44.1 Å². The lowest BCUT2D eigenvalue weighted by Crippen LogP contribution is -2.60. The Balaban J connectivity index is 1.50. The lowest BCUT2D eigenvalue weighted by Gasteiger charge is -2.51. The van der Waals surface area contributed by atoms with Gasteiger partial charge in [-0.3, -0.25) is 4.79 Å². The Morgan fingerprint density at radius 1 is 0.605 bits per heavy atom. The molecule has 43 heavy (non-hydrogen) atoms. The van der Waals surface area contributed by atoms with Crippen LogP contribution in [-0.2, 0) is 24.8 Å². The fourth-order valence-corrected chi connectivity index (χ4v) is 9.92. The quantitative estimate of drug-likeness (QED) is 0.273. The van der Waals surface area contributed by atoms with Crippen LogP contribution in [0.3, 0.4) is 0 Å². The van der Waals surface area contributed by atoms with Crippen LogP contribution in [0.2, 0.25) is 0 Å². The number of nitrogens with zero attached hydrogens (tertiary/aromatic N) is 2. The van der Waals surface area contributed by atoms with Gasteiger partial charge in [-0.2, -0.15) is 8.61 Å². The number of hydrogen-bond acceptors (Lipinski definition) is 5. The van der Waals surface area contributed by atoms with E-state index in [9.17, 15) is 21.6 Å². The zero-order valence-electron chi connectivity index (χ0n) is 24.1. The molecule has 6 rings (SSSR count). The van der Waals surface area contributed by atoms with E-state index in [1.54, 1.807) is 48.5 Å². The normalized spacial score (nSPS) is 23.5. The molecule has 0 unspecified atom stereocenters. The largest absolute Gasteiger partial charge is 0.299 e. The SMILES string of the molecule is Cc1ccc(S(=O)(=O)N2C[C@H]3C(=O)C[C@H](c4ccccc4)N(S(=O)(=O)c4ccc(C)cc4)[C@@H]3C[C@H]2c2ccccc2)cc1. The molecule has 7 nitrogen and oxygen atoms in total. The molecule has 0 bridgehead atoms. The van der Waals surface area contributed by atoms with Crippen molar-refractivity contribution in [1.29, 1.82) is 0 Å². The van der Waals surface area contributed by atoms with E-state index in [1.165, 1.54) is 8.61 Å². The molecular weight excluding hydrogens is 581 g/mol. The fourth-order valence-electron chi connectivity index (χ4n) is 6.42. The van der Waals surface area contributed by atoms with Crippen LogP contribution in [-0.4, -0.2) is 43.8 Å². The number of carbonyl (C=O) groups is 1. The van der Waals surface area contributed by atoms with Gasteiger partial charge in [0.05, 0.1) is 21.9 Å². The van der Waals surface area contributed by atoms with E-state index in [1.807, 2.05) is 74.5 Å². The molecule has 0 aliphatic carbocycles. The highest BCUT2D eigenvalue weighted by atomic mass is 32.2. The highest BCUT2D eigenvalue weighted by molar-refractivity contribution is 7.89. The first-order valence-electron chi connectivity index (χ1n) is 14.4. The van der Waals surface area contributed by atoms with Crippen LogP contribution in [0.15, 0.2) is 119 Å². The first kappa shape index (κ1) is 29.4. The maximum atomic E-state index is 14.5. The molecule has 9 heteroatoms. The lowest BCUT2D eigenvalue weighted by molar-refractivity contribution is -0.132. The molecule has 2 fully saturated rings. The molecule has 4 aromatic carbocycles. The van der Waals surface area contributed by atoms with Crippen LogP contribution in [0.25, 0.3) is 0 Å². The number of Topliss-reactive ketones (excluding diaryl/α,β-unsaturated/α-hetero) is 1.